The van der Waals surface area contributed by atoms with Crippen LogP contribution in [0.4, 0.5) is 31.9 Å². The van der Waals surface area contributed by atoms with Gasteiger partial charge in [-0.05, 0) is 30.7 Å². The fourth-order valence-electron chi connectivity index (χ4n) is 1.97. The number of nitrogens with one attached hydrogen (secondary N) is 2. The van der Waals surface area contributed by atoms with Gasteiger partial charge in [0.1, 0.15) is 0 Å². The lowest BCUT2D eigenvalue weighted by molar-refractivity contribution is 0.509. The molecule has 0 amide bonds. The van der Waals surface area contributed by atoms with Crippen molar-refractivity contribution in [2.75, 3.05) is 10.6 Å². The summed E-state index contributed by atoms with van der Waals surface area (Å²) in [6, 6.07) is 11.2. The molecule has 0 aliphatic rings. The fourth-order valence-corrected chi connectivity index (χ4v) is 1.97. The van der Waals surface area contributed by atoms with Crippen LogP contribution in [0, 0.1) is 18.6 Å². The molecule has 1 aromatic heterocycles. The molecule has 3 rings (SSSR count). The number of halogens is 2. The zero-order valence-corrected chi connectivity index (χ0v) is 12.2. The van der Waals surface area contributed by atoms with Gasteiger partial charge in [-0.2, -0.15) is 10.1 Å². The Morgan fingerprint density at radius 2 is 1.78 bits per heavy atom. The third-order valence-corrected chi connectivity index (χ3v) is 3.14. The van der Waals surface area contributed by atoms with Crippen LogP contribution in [-0.4, -0.2) is 15.2 Å². The number of benzene rings is 2. The van der Waals surface area contributed by atoms with E-state index in [9.17, 15) is 8.78 Å². The lowest BCUT2D eigenvalue weighted by Crippen LogP contribution is -2.03. The van der Waals surface area contributed by atoms with Crippen LogP contribution in [-0.2, 0) is 0 Å². The van der Waals surface area contributed by atoms with Crippen LogP contribution in [0.5, 0.6) is 0 Å². The van der Waals surface area contributed by atoms with Gasteiger partial charge in [-0.25, -0.2) is 8.78 Å². The highest BCUT2D eigenvalue weighted by Gasteiger charge is 2.06. The summed E-state index contributed by atoms with van der Waals surface area (Å²) in [4.78, 5) is 4.24. The molecule has 0 aliphatic heterocycles. The lowest BCUT2D eigenvalue weighted by Gasteiger charge is -2.09. The van der Waals surface area contributed by atoms with E-state index in [0.29, 0.717) is 11.5 Å². The monoisotopic (exact) mass is 313 g/mol. The molecule has 5 nitrogen and oxygen atoms in total. The van der Waals surface area contributed by atoms with Crippen molar-refractivity contribution in [3.8, 4) is 0 Å². The molecule has 23 heavy (non-hydrogen) atoms. The van der Waals surface area contributed by atoms with Gasteiger partial charge in [-0.15, -0.1) is 5.10 Å². The summed E-state index contributed by atoms with van der Waals surface area (Å²) in [5.74, 6) is -1.20. The number of anilines is 4. The van der Waals surface area contributed by atoms with Gasteiger partial charge in [0.15, 0.2) is 17.5 Å². The van der Waals surface area contributed by atoms with Gasteiger partial charge in [-0.1, -0.05) is 18.2 Å². The molecular weight excluding hydrogens is 300 g/mol. The van der Waals surface area contributed by atoms with E-state index in [1.165, 1.54) is 12.3 Å². The van der Waals surface area contributed by atoms with Crippen molar-refractivity contribution < 1.29 is 8.78 Å². The highest BCUT2D eigenvalue weighted by molar-refractivity contribution is 5.61. The average Bonchev–Trinajstić information content (AvgIpc) is 2.54. The molecule has 1 heterocycles. The minimum absolute atomic E-state index is 0.176. The van der Waals surface area contributed by atoms with E-state index in [0.717, 1.165) is 23.4 Å². The first-order valence-corrected chi connectivity index (χ1v) is 6.86. The Morgan fingerprint density at radius 1 is 0.957 bits per heavy atom. The van der Waals surface area contributed by atoms with Gasteiger partial charge < -0.3 is 10.6 Å². The fraction of sp³-hybridized carbons (Fsp3) is 0.0625. The van der Waals surface area contributed by atoms with E-state index in [4.69, 9.17) is 0 Å². The molecule has 7 heteroatoms. The molecule has 0 aliphatic carbocycles. The minimum atomic E-state index is -0.947. The molecule has 0 atom stereocenters. The van der Waals surface area contributed by atoms with Crippen molar-refractivity contribution in [2.24, 2.45) is 0 Å². The number of hydrogen-bond donors (Lipinski definition) is 2. The summed E-state index contributed by atoms with van der Waals surface area (Å²) >= 11 is 0. The summed E-state index contributed by atoms with van der Waals surface area (Å²) < 4.78 is 26.1. The maximum absolute atomic E-state index is 13.2. The van der Waals surface area contributed by atoms with Gasteiger partial charge >= 0.3 is 0 Å². The second kappa shape index (κ2) is 6.35. The Morgan fingerprint density at radius 3 is 2.57 bits per heavy atom. The van der Waals surface area contributed by atoms with Crippen molar-refractivity contribution in [3.05, 3.63) is 65.9 Å². The van der Waals surface area contributed by atoms with E-state index < -0.39 is 11.6 Å². The van der Waals surface area contributed by atoms with E-state index in [1.54, 1.807) is 0 Å². The highest BCUT2D eigenvalue weighted by Crippen LogP contribution is 2.20. The van der Waals surface area contributed by atoms with Crippen molar-refractivity contribution in [1.29, 1.82) is 0 Å². The molecule has 0 bridgehead atoms. The van der Waals surface area contributed by atoms with Crippen LogP contribution in [0.2, 0.25) is 0 Å². The Hall–Kier alpha value is -3.09. The largest absolute Gasteiger partial charge is 0.339 e. The predicted octanol–water partition coefficient (Wildman–Crippen LogP) is 3.95. The van der Waals surface area contributed by atoms with Gasteiger partial charge in [0.25, 0.3) is 0 Å². The molecule has 2 N–H and O–H groups in total. The SMILES string of the molecule is Cc1ccccc1Nc1cnnc(Nc2ccc(F)c(F)c2)n1. The summed E-state index contributed by atoms with van der Waals surface area (Å²) in [5, 5.41) is 13.6. The van der Waals surface area contributed by atoms with Crippen molar-refractivity contribution in [1.82, 2.24) is 15.2 Å². The molecule has 0 unspecified atom stereocenters. The van der Waals surface area contributed by atoms with Gasteiger partial charge in [0, 0.05) is 17.4 Å². The van der Waals surface area contributed by atoms with Crippen LogP contribution in [0.1, 0.15) is 5.56 Å². The Bertz CT molecular complexity index is 838. The molecule has 0 saturated carbocycles. The molecule has 116 valence electrons. The average molecular weight is 313 g/mol. The number of aryl methyl sites for hydroxylation is 1. The van der Waals surface area contributed by atoms with E-state index in [2.05, 4.69) is 25.8 Å². The number of aromatic nitrogens is 3. The van der Waals surface area contributed by atoms with E-state index >= 15 is 0 Å². The third-order valence-electron chi connectivity index (χ3n) is 3.14. The molecule has 2 aromatic carbocycles. The first kappa shape index (κ1) is 14.8. The topological polar surface area (TPSA) is 62.7 Å². The zero-order chi connectivity index (χ0) is 16.2. The summed E-state index contributed by atoms with van der Waals surface area (Å²) in [7, 11) is 0. The molecule has 0 saturated heterocycles. The second-order valence-corrected chi connectivity index (χ2v) is 4.86. The van der Waals surface area contributed by atoms with Crippen LogP contribution < -0.4 is 10.6 Å². The Labute approximate surface area is 131 Å². The Balaban J connectivity index is 1.79. The maximum atomic E-state index is 13.2. The van der Waals surface area contributed by atoms with Crippen molar-refractivity contribution >= 4 is 23.1 Å². The summed E-state index contributed by atoms with van der Waals surface area (Å²) in [6.07, 6.45) is 1.48. The second-order valence-electron chi connectivity index (χ2n) is 4.86. The molecule has 3 aromatic rings. The molecule has 0 radical (unpaired) electrons. The van der Waals surface area contributed by atoms with Crippen molar-refractivity contribution in [2.45, 2.75) is 6.92 Å². The predicted molar refractivity (Wildman–Crippen MR) is 83.9 cm³/mol. The first-order chi connectivity index (χ1) is 11.1. The summed E-state index contributed by atoms with van der Waals surface area (Å²) in [6.45, 7) is 1.97. The number of para-hydroxylation sites is 1. The molecular formula is C16H13F2N5. The zero-order valence-electron chi connectivity index (χ0n) is 12.2. The highest BCUT2D eigenvalue weighted by atomic mass is 19.2. The normalized spacial score (nSPS) is 10.4. The number of rotatable bonds is 4. The van der Waals surface area contributed by atoms with Crippen molar-refractivity contribution in [3.63, 3.8) is 0 Å². The smallest absolute Gasteiger partial charge is 0.249 e. The van der Waals surface area contributed by atoms with Gasteiger partial charge in [-0.3, -0.25) is 0 Å². The first-order valence-electron chi connectivity index (χ1n) is 6.86. The van der Waals surface area contributed by atoms with Gasteiger partial charge in [0.2, 0.25) is 5.95 Å². The van der Waals surface area contributed by atoms with Crippen LogP contribution in [0.3, 0.4) is 0 Å². The quantitative estimate of drug-likeness (QED) is 0.764. The van der Waals surface area contributed by atoms with Crippen LogP contribution >= 0.6 is 0 Å². The minimum Gasteiger partial charge on any atom is -0.339 e. The van der Waals surface area contributed by atoms with E-state index in [1.807, 2.05) is 31.2 Å². The van der Waals surface area contributed by atoms with Gasteiger partial charge in [0.05, 0.1) is 6.20 Å². The molecule has 0 spiro atoms. The Kier molecular flexibility index (Phi) is 4.09. The van der Waals surface area contributed by atoms with E-state index in [-0.39, 0.29) is 5.95 Å². The van der Waals surface area contributed by atoms with Crippen LogP contribution in [0.15, 0.2) is 48.7 Å². The maximum Gasteiger partial charge on any atom is 0.249 e. The number of hydrogen-bond acceptors (Lipinski definition) is 5. The summed E-state index contributed by atoms with van der Waals surface area (Å²) in [5.41, 5.74) is 2.28. The van der Waals surface area contributed by atoms with Crippen LogP contribution in [0.25, 0.3) is 0 Å². The lowest BCUT2D eigenvalue weighted by atomic mass is 10.2. The molecule has 0 fully saturated rings. The number of nitrogens with zero attached hydrogens (tertiary/aromatic N) is 3. The standard InChI is InChI=1S/C16H13F2N5/c1-10-4-2-3-5-14(10)21-15-9-19-23-16(22-15)20-11-6-7-12(17)13(18)8-11/h2-9H,1H3,(H2,20,21,22,23). The third kappa shape index (κ3) is 3.57.